The quantitative estimate of drug-likeness (QED) is 0.400. The predicted octanol–water partition coefficient (Wildman–Crippen LogP) is -0.791. The molecule has 0 saturated heterocycles. The molecule has 0 bridgehead atoms. The Balaban J connectivity index is -0.0000000150. The van der Waals surface area contributed by atoms with Crippen molar-refractivity contribution < 1.29 is 34.5 Å². The molecule has 6 heteroatoms. The van der Waals surface area contributed by atoms with Gasteiger partial charge in [-0.3, -0.25) is 0 Å². The fourth-order valence-corrected chi connectivity index (χ4v) is 0. The van der Waals surface area contributed by atoms with Gasteiger partial charge in [0, 0.05) is 0 Å². The van der Waals surface area contributed by atoms with E-state index < -0.39 is 6.16 Å². The molecule has 0 saturated carbocycles. The second kappa shape index (κ2) is 17.0. The monoisotopic (exact) mass is 159 g/mol. The van der Waals surface area contributed by atoms with Crippen LogP contribution in [0.5, 0.6) is 0 Å². The maximum Gasteiger partial charge on any atom is 1.00 e. The fraction of sp³-hybridized carbons (Fsp3) is 0. The van der Waals surface area contributed by atoms with Gasteiger partial charge in [0.2, 0.25) is 6.16 Å². The van der Waals surface area contributed by atoms with E-state index in [0.29, 0.717) is 0 Å². The predicted molar refractivity (Wildman–Crippen MR) is 18.1 cm³/mol. The molecule has 0 heterocycles. The van der Waals surface area contributed by atoms with E-state index >= 15 is 0 Å². The van der Waals surface area contributed by atoms with E-state index in [1.165, 1.54) is 0 Å². The topological polar surface area (TPSA) is 130 Å². The van der Waals surface area contributed by atoms with Crippen LogP contribution in [0.2, 0.25) is 0 Å². The average molecular weight is 160 g/mol. The summed E-state index contributed by atoms with van der Waals surface area (Å²) in [5, 5.41) is 15.3. The van der Waals surface area contributed by atoms with Crippen molar-refractivity contribution in [2.24, 2.45) is 0 Å². The molecule has 0 atom stereocenters. The molecule has 0 aliphatic heterocycles. The van der Waals surface area contributed by atoms with Crippen LogP contribution in [0.3, 0.4) is 0 Å². The number of carboxylic acid groups (broad SMARTS) is 2. The van der Waals surface area contributed by atoms with Crippen LogP contribution < -0.4 is 17.4 Å². The van der Waals surface area contributed by atoms with Crippen molar-refractivity contribution in [3.05, 3.63) is 0 Å². The Morgan fingerprint density at radius 2 is 1.43 bits per heavy atom. The van der Waals surface area contributed by atoms with Gasteiger partial charge in [-0.1, -0.05) is 0 Å². The second-order valence-corrected chi connectivity index (χ2v) is 0.266. The largest absolute Gasteiger partial charge is 1.00 e. The van der Waals surface area contributed by atoms with Crippen molar-refractivity contribution in [1.82, 2.24) is 12.3 Å². The maximum atomic E-state index is 8.44. The third-order valence-electron chi connectivity index (χ3n) is 0. The first-order valence-electron chi connectivity index (χ1n) is 0.632. The van der Waals surface area contributed by atoms with Gasteiger partial charge in [0.1, 0.15) is 0 Å². The summed E-state index contributed by atoms with van der Waals surface area (Å²) in [5.74, 6) is 0. The Kier molecular flexibility index (Phi) is 70.7. The SMILES string of the molecule is N.N.O=C([O-])O.[Zn+]. The molecule has 5 nitrogen and oxygen atoms in total. The van der Waals surface area contributed by atoms with Crippen LogP contribution >= 0.6 is 0 Å². The van der Waals surface area contributed by atoms with Gasteiger partial charge in [-0.25, -0.2) is 0 Å². The maximum absolute atomic E-state index is 8.44. The molecule has 0 aliphatic rings. The molecular weight excluding hydrogens is 153 g/mol. The first-order valence-corrected chi connectivity index (χ1v) is 0.632. The van der Waals surface area contributed by atoms with Gasteiger partial charge in [0.15, 0.2) is 0 Å². The van der Waals surface area contributed by atoms with E-state index in [0.717, 1.165) is 0 Å². The van der Waals surface area contributed by atoms with Gasteiger partial charge < -0.3 is 27.3 Å². The van der Waals surface area contributed by atoms with Crippen LogP contribution in [0.1, 0.15) is 0 Å². The van der Waals surface area contributed by atoms with Crippen LogP contribution in [0.15, 0.2) is 0 Å². The molecule has 0 unspecified atom stereocenters. The first kappa shape index (κ1) is 29.1. The van der Waals surface area contributed by atoms with E-state index in [1.54, 1.807) is 0 Å². The summed E-state index contributed by atoms with van der Waals surface area (Å²) in [6.07, 6.45) is -2.08. The van der Waals surface area contributed by atoms with Gasteiger partial charge in [0.25, 0.3) is 0 Å². The van der Waals surface area contributed by atoms with Crippen LogP contribution in [0.25, 0.3) is 0 Å². The summed E-state index contributed by atoms with van der Waals surface area (Å²) >= 11 is 0. The van der Waals surface area contributed by atoms with Crippen molar-refractivity contribution >= 4 is 6.16 Å². The van der Waals surface area contributed by atoms with Gasteiger partial charge in [-0.2, -0.15) is 0 Å². The van der Waals surface area contributed by atoms with E-state index in [4.69, 9.17) is 15.0 Å². The molecule has 1 radical (unpaired) electrons. The second-order valence-electron chi connectivity index (χ2n) is 0.266. The molecule has 7 N–H and O–H groups in total. The normalized spacial score (nSPS) is 3.43. The van der Waals surface area contributed by atoms with Crippen molar-refractivity contribution in [2.75, 3.05) is 0 Å². The van der Waals surface area contributed by atoms with Crippen molar-refractivity contribution in [2.45, 2.75) is 0 Å². The molecule has 7 heavy (non-hydrogen) atoms. The number of carbonyl (C=O) groups is 1. The molecule has 0 aromatic heterocycles. The minimum absolute atomic E-state index is 0. The van der Waals surface area contributed by atoms with Crippen molar-refractivity contribution in [3.63, 3.8) is 0 Å². The molecule has 0 aromatic carbocycles. The summed E-state index contributed by atoms with van der Waals surface area (Å²) in [5.41, 5.74) is 0. The van der Waals surface area contributed by atoms with Crippen molar-refractivity contribution in [1.29, 1.82) is 0 Å². The summed E-state index contributed by atoms with van der Waals surface area (Å²) in [6, 6.07) is 0. The average Bonchev–Trinajstić information content (AvgIpc) is 0.811. The van der Waals surface area contributed by atoms with Gasteiger partial charge in [-0.05, 0) is 0 Å². The number of hydrogen-bond acceptors (Lipinski definition) is 4. The van der Waals surface area contributed by atoms with E-state index in [2.05, 4.69) is 0 Å². The Labute approximate surface area is 53.6 Å². The molecular formula is CH7N2O3Zn. The zero-order valence-electron chi connectivity index (χ0n) is 3.89. The molecule has 0 aromatic rings. The van der Waals surface area contributed by atoms with Crippen molar-refractivity contribution in [3.8, 4) is 0 Å². The summed E-state index contributed by atoms with van der Waals surface area (Å²) in [4.78, 5) is 8.44. The molecule has 41 valence electrons. The summed E-state index contributed by atoms with van der Waals surface area (Å²) in [6.45, 7) is 0. The standard InChI is InChI=1S/CH2O3.2H3N.Zn/c2-1(3)4;;;/h(H2,2,3,4);2*1H3;/q;;;+1/p-1. The zero-order valence-corrected chi connectivity index (χ0v) is 6.85. The van der Waals surface area contributed by atoms with E-state index in [1.807, 2.05) is 0 Å². The number of hydrogen-bond donors (Lipinski definition) is 3. The van der Waals surface area contributed by atoms with Crippen LogP contribution in [-0.2, 0) is 19.5 Å². The third-order valence-corrected chi connectivity index (χ3v) is 0. The van der Waals surface area contributed by atoms with Crippen LogP contribution in [0, 0.1) is 0 Å². The smallest absolute Gasteiger partial charge is 0.565 e. The summed E-state index contributed by atoms with van der Waals surface area (Å²) in [7, 11) is 0. The Hall–Kier alpha value is -0.187. The Bertz CT molecular complexity index is 35.9. The van der Waals surface area contributed by atoms with Gasteiger partial charge in [-0.15, -0.1) is 0 Å². The minimum atomic E-state index is -2.08. The minimum Gasteiger partial charge on any atom is -0.565 e. The van der Waals surface area contributed by atoms with Gasteiger partial charge >= 0.3 is 19.5 Å². The van der Waals surface area contributed by atoms with Crippen LogP contribution in [0.4, 0.5) is 4.79 Å². The molecule has 0 spiro atoms. The summed E-state index contributed by atoms with van der Waals surface area (Å²) < 4.78 is 0. The molecule has 0 amide bonds. The number of rotatable bonds is 0. The van der Waals surface area contributed by atoms with Crippen LogP contribution in [-0.4, -0.2) is 11.3 Å². The van der Waals surface area contributed by atoms with Gasteiger partial charge in [0.05, 0.1) is 0 Å². The fourth-order valence-electron chi connectivity index (χ4n) is 0. The van der Waals surface area contributed by atoms with E-state index in [-0.39, 0.29) is 31.8 Å². The third kappa shape index (κ3) is 2430. The zero-order chi connectivity index (χ0) is 3.58. The Morgan fingerprint density at radius 1 is 1.43 bits per heavy atom. The first-order chi connectivity index (χ1) is 1.73. The molecule has 0 fully saturated rings. The molecule has 0 aliphatic carbocycles. The Morgan fingerprint density at radius 3 is 1.43 bits per heavy atom. The molecule has 0 rings (SSSR count). The van der Waals surface area contributed by atoms with E-state index in [9.17, 15) is 0 Å².